The van der Waals surface area contributed by atoms with Gasteiger partial charge in [-0.1, -0.05) is 62.1 Å². The Hall–Kier alpha value is 0.690. The molecule has 2 unspecified atom stereocenters. The lowest BCUT2D eigenvalue weighted by Gasteiger charge is -2.43. The van der Waals surface area contributed by atoms with Crippen molar-refractivity contribution in [1.29, 1.82) is 0 Å². The molecule has 0 amide bonds. The molecule has 2 heteroatoms. The van der Waals surface area contributed by atoms with Crippen LogP contribution in [0.5, 0.6) is 0 Å². The summed E-state index contributed by atoms with van der Waals surface area (Å²) in [6.07, 6.45) is 14.2. The van der Waals surface area contributed by atoms with Gasteiger partial charge in [0.15, 0.2) is 0 Å². The molecule has 0 heterocycles. The monoisotopic (exact) mass is 378 g/mol. The van der Waals surface area contributed by atoms with Crippen LogP contribution in [0.15, 0.2) is 0 Å². The Labute approximate surface area is 133 Å². The first-order valence-electron chi connectivity index (χ1n) is 8.41. The van der Waals surface area contributed by atoms with Gasteiger partial charge >= 0.3 is 0 Å². The van der Waals surface area contributed by atoms with Crippen molar-refractivity contribution in [2.24, 2.45) is 11.8 Å². The second-order valence-electron chi connectivity index (χ2n) is 7.06. The fourth-order valence-electron chi connectivity index (χ4n) is 4.02. The number of hydrogen-bond acceptors (Lipinski definition) is 1. The van der Waals surface area contributed by atoms with Gasteiger partial charge in [0, 0.05) is 4.43 Å². The summed E-state index contributed by atoms with van der Waals surface area (Å²) in [7, 11) is 0. The summed E-state index contributed by atoms with van der Waals surface area (Å²) in [5.74, 6) is 1.86. The summed E-state index contributed by atoms with van der Waals surface area (Å²) >= 11 is 2.56. The van der Waals surface area contributed by atoms with Crippen molar-refractivity contribution in [3.05, 3.63) is 0 Å². The largest absolute Gasteiger partial charge is 0.371 e. The number of halogens is 1. The van der Waals surface area contributed by atoms with Gasteiger partial charge < -0.3 is 4.74 Å². The average molecular weight is 378 g/mol. The molecule has 0 spiro atoms. The van der Waals surface area contributed by atoms with Gasteiger partial charge in [0.05, 0.1) is 11.7 Å². The van der Waals surface area contributed by atoms with E-state index in [4.69, 9.17) is 4.74 Å². The summed E-state index contributed by atoms with van der Waals surface area (Å²) in [6.45, 7) is 4.71. The van der Waals surface area contributed by atoms with E-state index in [1.807, 2.05) is 0 Å². The highest BCUT2D eigenvalue weighted by atomic mass is 127. The van der Waals surface area contributed by atoms with E-state index < -0.39 is 0 Å². The zero-order chi connectivity index (χ0) is 13.7. The smallest absolute Gasteiger partial charge is 0.0775 e. The predicted molar refractivity (Wildman–Crippen MR) is 91.0 cm³/mol. The molecule has 2 saturated carbocycles. The SMILES string of the molecule is CCCC1CCC(CI)(OC2CCCC(C)C2)CC1. The number of ether oxygens (including phenoxy) is 1. The minimum atomic E-state index is 0.229. The summed E-state index contributed by atoms with van der Waals surface area (Å²) in [5, 5.41) is 0. The van der Waals surface area contributed by atoms with E-state index in [0.29, 0.717) is 6.10 Å². The molecule has 2 atom stereocenters. The van der Waals surface area contributed by atoms with Crippen LogP contribution >= 0.6 is 22.6 Å². The molecule has 0 aromatic carbocycles. The summed E-state index contributed by atoms with van der Waals surface area (Å²) in [6, 6.07) is 0. The molecular weight excluding hydrogens is 347 g/mol. The Balaban J connectivity index is 1.85. The average Bonchev–Trinajstić information content (AvgIpc) is 2.42. The molecule has 19 heavy (non-hydrogen) atoms. The maximum absolute atomic E-state index is 6.66. The van der Waals surface area contributed by atoms with E-state index in [1.54, 1.807) is 0 Å². The van der Waals surface area contributed by atoms with Gasteiger partial charge in [-0.3, -0.25) is 0 Å². The van der Waals surface area contributed by atoms with Gasteiger partial charge in [0.1, 0.15) is 0 Å². The van der Waals surface area contributed by atoms with Crippen LogP contribution in [-0.2, 0) is 4.74 Å². The van der Waals surface area contributed by atoms with Crippen LogP contribution in [0.1, 0.15) is 78.1 Å². The molecular formula is C17H31IO. The van der Waals surface area contributed by atoms with Gasteiger partial charge in [0.2, 0.25) is 0 Å². The molecule has 2 rings (SSSR count). The lowest BCUT2D eigenvalue weighted by atomic mass is 9.77. The normalized spacial score (nSPS) is 40.3. The molecule has 0 N–H and O–H groups in total. The second kappa shape index (κ2) is 7.63. The first-order valence-corrected chi connectivity index (χ1v) is 9.94. The van der Waals surface area contributed by atoms with Crippen LogP contribution in [0.3, 0.4) is 0 Å². The van der Waals surface area contributed by atoms with E-state index in [1.165, 1.54) is 68.6 Å². The quantitative estimate of drug-likeness (QED) is 0.438. The second-order valence-corrected chi connectivity index (χ2v) is 7.82. The third kappa shape index (κ3) is 4.59. The topological polar surface area (TPSA) is 9.23 Å². The van der Waals surface area contributed by atoms with Crippen molar-refractivity contribution in [2.45, 2.75) is 89.8 Å². The van der Waals surface area contributed by atoms with Gasteiger partial charge in [-0.2, -0.15) is 0 Å². The minimum Gasteiger partial charge on any atom is -0.371 e. The Bertz CT molecular complexity index is 258. The zero-order valence-corrected chi connectivity index (χ0v) is 15.0. The van der Waals surface area contributed by atoms with E-state index in [0.717, 1.165) is 11.8 Å². The third-order valence-corrected chi connectivity index (χ3v) is 6.65. The van der Waals surface area contributed by atoms with Crippen LogP contribution in [-0.4, -0.2) is 16.1 Å². The Morgan fingerprint density at radius 2 is 1.89 bits per heavy atom. The molecule has 0 aromatic rings. The van der Waals surface area contributed by atoms with E-state index in [-0.39, 0.29) is 5.60 Å². The Morgan fingerprint density at radius 3 is 2.47 bits per heavy atom. The summed E-state index contributed by atoms with van der Waals surface area (Å²) in [5.41, 5.74) is 0.229. The molecule has 0 aliphatic heterocycles. The number of rotatable bonds is 5. The van der Waals surface area contributed by atoms with Crippen molar-refractivity contribution in [3.8, 4) is 0 Å². The minimum absolute atomic E-state index is 0.229. The molecule has 0 bridgehead atoms. The number of alkyl halides is 1. The predicted octanol–water partition coefficient (Wildman–Crippen LogP) is 5.75. The summed E-state index contributed by atoms with van der Waals surface area (Å²) < 4.78 is 7.85. The van der Waals surface area contributed by atoms with Crippen molar-refractivity contribution in [3.63, 3.8) is 0 Å². The standard InChI is InChI=1S/C17H31IO/c1-3-5-15-8-10-17(13-18,11-9-15)19-16-7-4-6-14(2)12-16/h14-16H,3-13H2,1-2H3. The van der Waals surface area contributed by atoms with E-state index in [9.17, 15) is 0 Å². The molecule has 0 radical (unpaired) electrons. The zero-order valence-electron chi connectivity index (χ0n) is 12.8. The van der Waals surface area contributed by atoms with Gasteiger partial charge in [0.25, 0.3) is 0 Å². The first-order chi connectivity index (χ1) is 9.17. The molecule has 2 aliphatic rings. The van der Waals surface area contributed by atoms with Crippen molar-refractivity contribution < 1.29 is 4.74 Å². The van der Waals surface area contributed by atoms with Crippen molar-refractivity contribution in [1.82, 2.24) is 0 Å². The highest BCUT2D eigenvalue weighted by Crippen LogP contribution is 2.40. The van der Waals surface area contributed by atoms with Crippen LogP contribution in [0, 0.1) is 11.8 Å². The maximum Gasteiger partial charge on any atom is 0.0775 e. The van der Waals surface area contributed by atoms with Crippen LogP contribution < -0.4 is 0 Å². The highest BCUT2D eigenvalue weighted by molar-refractivity contribution is 14.1. The fourth-order valence-corrected chi connectivity index (χ4v) is 4.97. The molecule has 112 valence electrons. The molecule has 1 nitrogen and oxygen atoms in total. The first kappa shape index (κ1) is 16.1. The van der Waals surface area contributed by atoms with Crippen LogP contribution in [0.25, 0.3) is 0 Å². The summed E-state index contributed by atoms with van der Waals surface area (Å²) in [4.78, 5) is 0. The fraction of sp³-hybridized carbons (Fsp3) is 1.00. The molecule has 2 fully saturated rings. The number of hydrogen-bond donors (Lipinski definition) is 0. The molecule has 2 aliphatic carbocycles. The highest BCUT2D eigenvalue weighted by Gasteiger charge is 2.37. The van der Waals surface area contributed by atoms with Crippen LogP contribution in [0.2, 0.25) is 0 Å². The van der Waals surface area contributed by atoms with E-state index >= 15 is 0 Å². The maximum atomic E-state index is 6.66. The van der Waals surface area contributed by atoms with Gasteiger partial charge in [-0.25, -0.2) is 0 Å². The van der Waals surface area contributed by atoms with Gasteiger partial charge in [-0.15, -0.1) is 0 Å². The lowest BCUT2D eigenvalue weighted by molar-refractivity contribution is -0.118. The Morgan fingerprint density at radius 1 is 1.16 bits per heavy atom. The van der Waals surface area contributed by atoms with Crippen molar-refractivity contribution >= 4 is 22.6 Å². The Kier molecular flexibility index (Phi) is 6.45. The third-order valence-electron chi connectivity index (χ3n) is 5.26. The lowest BCUT2D eigenvalue weighted by Crippen LogP contribution is -2.43. The molecule has 0 saturated heterocycles. The van der Waals surface area contributed by atoms with Gasteiger partial charge in [-0.05, 0) is 50.4 Å². The van der Waals surface area contributed by atoms with E-state index in [2.05, 4.69) is 36.4 Å². The molecule has 0 aromatic heterocycles. The van der Waals surface area contributed by atoms with Crippen LogP contribution in [0.4, 0.5) is 0 Å². The van der Waals surface area contributed by atoms with Crippen molar-refractivity contribution in [2.75, 3.05) is 4.43 Å².